The topological polar surface area (TPSA) is 20.2 Å². The highest BCUT2D eigenvalue weighted by atomic mass is 35.5. The zero-order chi connectivity index (χ0) is 8.69. The first kappa shape index (κ1) is 10.5. The summed E-state index contributed by atoms with van der Waals surface area (Å²) >= 11 is 5.73. The van der Waals surface area contributed by atoms with Gasteiger partial charge in [-0.2, -0.15) is 0 Å². The molecule has 0 aliphatic heterocycles. The first-order chi connectivity index (χ1) is 5.16. The van der Waals surface area contributed by atoms with Crippen LogP contribution in [0.25, 0.3) is 0 Å². The lowest BCUT2D eigenvalue weighted by atomic mass is 10.2. The van der Waals surface area contributed by atoms with Crippen LogP contribution in [-0.4, -0.2) is 11.2 Å². The maximum atomic E-state index is 8.91. The molecular weight excluding hydrogens is 160 g/mol. The lowest BCUT2D eigenvalue weighted by Gasteiger charge is -1.99. The van der Waals surface area contributed by atoms with Gasteiger partial charge in [0.15, 0.2) is 0 Å². The van der Waals surface area contributed by atoms with Gasteiger partial charge in [0.05, 0.1) is 6.10 Å². The number of hydrogen-bond donors (Lipinski definition) is 1. The molecule has 62 valence electrons. The van der Waals surface area contributed by atoms with Crippen LogP contribution in [0.5, 0.6) is 0 Å². The smallest absolute Gasteiger partial charge is 0.0561 e. The van der Waals surface area contributed by atoms with Crippen LogP contribution in [0.2, 0.25) is 0 Å². The van der Waals surface area contributed by atoms with Crippen molar-refractivity contribution in [1.29, 1.82) is 0 Å². The largest absolute Gasteiger partial charge is 0.393 e. The third kappa shape index (κ3) is 7.37. The summed E-state index contributed by atoms with van der Waals surface area (Å²) < 4.78 is 0. The molecule has 0 spiro atoms. The van der Waals surface area contributed by atoms with Gasteiger partial charge in [0.1, 0.15) is 0 Å². The van der Waals surface area contributed by atoms with Crippen molar-refractivity contribution < 1.29 is 5.11 Å². The quantitative estimate of drug-likeness (QED) is 0.647. The SMILES string of the molecule is C=C/C=C\C=C(\Cl)CC(C)O. The highest BCUT2D eigenvalue weighted by Gasteiger charge is 1.96. The number of allylic oxidation sites excluding steroid dienone is 4. The van der Waals surface area contributed by atoms with E-state index in [-0.39, 0.29) is 6.10 Å². The molecule has 0 saturated heterocycles. The van der Waals surface area contributed by atoms with E-state index in [1.807, 2.05) is 0 Å². The number of aliphatic hydroxyl groups excluding tert-OH is 1. The molecule has 0 radical (unpaired) electrons. The fourth-order valence-electron chi connectivity index (χ4n) is 0.589. The minimum atomic E-state index is -0.379. The Hall–Kier alpha value is -0.530. The lowest BCUT2D eigenvalue weighted by molar-refractivity contribution is 0.197. The fourth-order valence-corrected chi connectivity index (χ4v) is 0.885. The van der Waals surface area contributed by atoms with E-state index >= 15 is 0 Å². The number of aliphatic hydroxyl groups is 1. The monoisotopic (exact) mass is 172 g/mol. The average Bonchev–Trinajstić information content (AvgIpc) is 1.86. The summed E-state index contributed by atoms with van der Waals surface area (Å²) in [5, 5.41) is 9.56. The molecule has 1 N–H and O–H groups in total. The molecule has 0 aromatic heterocycles. The summed E-state index contributed by atoms with van der Waals surface area (Å²) in [5.74, 6) is 0. The van der Waals surface area contributed by atoms with E-state index in [0.29, 0.717) is 11.5 Å². The molecular formula is C9H13ClO. The molecule has 0 aliphatic carbocycles. The Bertz CT molecular complexity index is 168. The molecule has 0 aromatic rings. The molecule has 0 fully saturated rings. The van der Waals surface area contributed by atoms with Crippen molar-refractivity contribution in [3.63, 3.8) is 0 Å². The zero-order valence-corrected chi connectivity index (χ0v) is 7.38. The van der Waals surface area contributed by atoms with Gasteiger partial charge in [-0.1, -0.05) is 36.4 Å². The van der Waals surface area contributed by atoms with E-state index in [1.54, 1.807) is 31.2 Å². The number of hydrogen-bond acceptors (Lipinski definition) is 1. The maximum Gasteiger partial charge on any atom is 0.0561 e. The second-order valence-electron chi connectivity index (χ2n) is 2.29. The van der Waals surface area contributed by atoms with E-state index in [4.69, 9.17) is 16.7 Å². The van der Waals surface area contributed by atoms with Crippen LogP contribution in [-0.2, 0) is 0 Å². The van der Waals surface area contributed by atoms with Crippen molar-refractivity contribution in [1.82, 2.24) is 0 Å². The predicted octanol–water partition coefficient (Wildman–Crippen LogP) is 2.62. The third-order valence-corrected chi connectivity index (χ3v) is 1.29. The van der Waals surface area contributed by atoms with Crippen molar-refractivity contribution in [2.45, 2.75) is 19.4 Å². The molecule has 0 saturated carbocycles. The Kier molecular flexibility index (Phi) is 5.90. The van der Waals surface area contributed by atoms with Crippen LogP contribution in [0.3, 0.4) is 0 Å². The summed E-state index contributed by atoms with van der Waals surface area (Å²) in [6, 6.07) is 0. The molecule has 0 amide bonds. The molecule has 11 heavy (non-hydrogen) atoms. The van der Waals surface area contributed by atoms with Crippen LogP contribution in [0.1, 0.15) is 13.3 Å². The van der Waals surface area contributed by atoms with Gasteiger partial charge in [-0.25, -0.2) is 0 Å². The zero-order valence-electron chi connectivity index (χ0n) is 6.63. The Balaban J connectivity index is 3.80. The second-order valence-corrected chi connectivity index (χ2v) is 2.77. The van der Waals surface area contributed by atoms with E-state index in [2.05, 4.69) is 6.58 Å². The van der Waals surface area contributed by atoms with Crippen molar-refractivity contribution in [2.24, 2.45) is 0 Å². The molecule has 0 aliphatic rings. The second kappa shape index (κ2) is 6.20. The normalized spacial score (nSPS) is 15.4. The van der Waals surface area contributed by atoms with Crippen molar-refractivity contribution in [3.8, 4) is 0 Å². The first-order valence-corrected chi connectivity index (χ1v) is 3.86. The summed E-state index contributed by atoms with van der Waals surface area (Å²) in [6.45, 7) is 5.21. The summed E-state index contributed by atoms with van der Waals surface area (Å²) in [4.78, 5) is 0. The van der Waals surface area contributed by atoms with E-state index < -0.39 is 0 Å². The van der Waals surface area contributed by atoms with Crippen LogP contribution in [0, 0.1) is 0 Å². The average molecular weight is 173 g/mol. The van der Waals surface area contributed by atoms with Gasteiger partial charge in [-0.15, -0.1) is 0 Å². The predicted molar refractivity (Wildman–Crippen MR) is 49.6 cm³/mol. The van der Waals surface area contributed by atoms with Crippen molar-refractivity contribution in [3.05, 3.63) is 35.9 Å². The van der Waals surface area contributed by atoms with Gasteiger partial charge in [0.25, 0.3) is 0 Å². The highest BCUT2D eigenvalue weighted by molar-refractivity contribution is 6.29. The molecule has 1 nitrogen and oxygen atoms in total. The molecule has 2 heteroatoms. The third-order valence-electron chi connectivity index (χ3n) is 1.01. The standard InChI is InChI=1S/C9H13ClO/c1-3-4-5-6-9(10)7-8(2)11/h3-6,8,11H,1,7H2,2H3/b5-4-,9-6+. The summed E-state index contributed by atoms with van der Waals surface area (Å²) in [6.07, 6.45) is 7.11. The summed E-state index contributed by atoms with van der Waals surface area (Å²) in [5.41, 5.74) is 0. The maximum absolute atomic E-state index is 8.91. The van der Waals surface area contributed by atoms with Gasteiger partial charge >= 0.3 is 0 Å². The lowest BCUT2D eigenvalue weighted by Crippen LogP contribution is -1.97. The Morgan fingerprint density at radius 1 is 1.64 bits per heavy atom. The minimum Gasteiger partial charge on any atom is -0.393 e. The Morgan fingerprint density at radius 2 is 2.27 bits per heavy atom. The van der Waals surface area contributed by atoms with Crippen LogP contribution in [0.4, 0.5) is 0 Å². The molecule has 0 aromatic carbocycles. The van der Waals surface area contributed by atoms with Gasteiger partial charge in [0.2, 0.25) is 0 Å². The molecule has 0 bridgehead atoms. The van der Waals surface area contributed by atoms with Gasteiger partial charge in [-0.05, 0) is 13.0 Å². The Morgan fingerprint density at radius 3 is 2.73 bits per heavy atom. The van der Waals surface area contributed by atoms with Crippen LogP contribution >= 0.6 is 11.6 Å². The van der Waals surface area contributed by atoms with E-state index in [9.17, 15) is 0 Å². The van der Waals surface area contributed by atoms with E-state index in [1.165, 1.54) is 0 Å². The highest BCUT2D eigenvalue weighted by Crippen LogP contribution is 2.09. The fraction of sp³-hybridized carbons (Fsp3) is 0.333. The Labute approximate surface area is 72.7 Å². The first-order valence-electron chi connectivity index (χ1n) is 3.48. The minimum absolute atomic E-state index is 0.379. The van der Waals surface area contributed by atoms with Gasteiger partial charge in [0, 0.05) is 11.5 Å². The molecule has 1 atom stereocenters. The molecule has 0 heterocycles. The van der Waals surface area contributed by atoms with Crippen molar-refractivity contribution in [2.75, 3.05) is 0 Å². The van der Waals surface area contributed by atoms with Crippen LogP contribution < -0.4 is 0 Å². The van der Waals surface area contributed by atoms with Gasteiger partial charge < -0.3 is 5.11 Å². The van der Waals surface area contributed by atoms with E-state index in [0.717, 1.165) is 0 Å². The van der Waals surface area contributed by atoms with Crippen LogP contribution in [0.15, 0.2) is 35.9 Å². The summed E-state index contributed by atoms with van der Waals surface area (Å²) in [7, 11) is 0. The molecule has 1 unspecified atom stereocenters. The molecule has 0 rings (SSSR count). The number of halogens is 1. The van der Waals surface area contributed by atoms with Gasteiger partial charge in [-0.3, -0.25) is 0 Å². The number of rotatable bonds is 4. The van der Waals surface area contributed by atoms with Crippen molar-refractivity contribution >= 4 is 11.6 Å².